The number of piperazine rings is 1. The van der Waals surface area contributed by atoms with Crippen molar-refractivity contribution in [2.45, 2.75) is 37.8 Å². The third kappa shape index (κ3) is 4.08. The van der Waals surface area contributed by atoms with Gasteiger partial charge in [0.15, 0.2) is 11.6 Å². The lowest BCUT2D eigenvalue weighted by molar-refractivity contribution is -0.111. The first kappa shape index (κ1) is 20.5. The number of aryl methyl sites for hydroxylation is 1. The average Bonchev–Trinajstić information content (AvgIpc) is 3.11. The van der Waals surface area contributed by atoms with Gasteiger partial charge in [0, 0.05) is 43.6 Å². The molecule has 1 saturated carbocycles. The Labute approximate surface area is 175 Å². The van der Waals surface area contributed by atoms with Crippen LogP contribution in [-0.2, 0) is 4.79 Å². The molecule has 1 aliphatic carbocycles. The molecule has 1 aromatic heterocycles. The van der Waals surface area contributed by atoms with Crippen LogP contribution in [0.3, 0.4) is 0 Å². The van der Waals surface area contributed by atoms with Gasteiger partial charge in [-0.05, 0) is 49.9 Å². The number of nitrogens with zero attached hydrogens (tertiary/aromatic N) is 3. The van der Waals surface area contributed by atoms with Crippen molar-refractivity contribution in [3.05, 3.63) is 35.8 Å². The zero-order valence-corrected chi connectivity index (χ0v) is 17.1. The lowest BCUT2D eigenvalue weighted by Crippen LogP contribution is -2.51. The van der Waals surface area contributed by atoms with E-state index in [1.165, 1.54) is 5.69 Å². The number of nitrogens with two attached hydrogens (primary N) is 1. The molecule has 0 amide bonds. The predicted molar refractivity (Wildman–Crippen MR) is 116 cm³/mol. The molecule has 0 radical (unpaired) electrons. The van der Waals surface area contributed by atoms with Crippen molar-refractivity contribution in [1.29, 1.82) is 0 Å². The van der Waals surface area contributed by atoms with Crippen LogP contribution in [-0.4, -0.2) is 54.0 Å². The van der Waals surface area contributed by atoms with Gasteiger partial charge in [-0.2, -0.15) is 4.98 Å². The van der Waals surface area contributed by atoms with Crippen molar-refractivity contribution >= 4 is 29.4 Å². The number of carbonyl (C=O) groups excluding carboxylic acids is 1. The number of carbonyl (C=O) groups is 1. The quantitative estimate of drug-likeness (QED) is 0.532. The molecule has 1 aromatic carbocycles. The van der Waals surface area contributed by atoms with Crippen LogP contribution in [0.2, 0.25) is 0 Å². The Bertz CT molecular complexity index is 918. The molecule has 2 heterocycles. The SMILES string of the molecule is Cc1cc(Nc2ncc(F)c(NC3(C=O)CCCC3N)n2)ccc1N1CCNCC1. The lowest BCUT2D eigenvalue weighted by Gasteiger charge is -2.31. The summed E-state index contributed by atoms with van der Waals surface area (Å²) >= 11 is 0. The summed E-state index contributed by atoms with van der Waals surface area (Å²) in [5.74, 6) is -0.391. The van der Waals surface area contributed by atoms with E-state index in [1.807, 2.05) is 12.1 Å². The van der Waals surface area contributed by atoms with Gasteiger partial charge in [0.25, 0.3) is 0 Å². The highest BCUT2D eigenvalue weighted by Gasteiger charge is 2.41. The second kappa shape index (κ2) is 8.53. The van der Waals surface area contributed by atoms with Crippen LogP contribution >= 0.6 is 0 Å². The molecule has 9 heteroatoms. The normalized spacial score (nSPS) is 24.0. The van der Waals surface area contributed by atoms with Crippen LogP contribution in [0, 0.1) is 12.7 Å². The third-order valence-electron chi connectivity index (χ3n) is 5.98. The summed E-state index contributed by atoms with van der Waals surface area (Å²) in [6, 6.07) is 5.69. The topological polar surface area (TPSA) is 108 Å². The molecule has 30 heavy (non-hydrogen) atoms. The summed E-state index contributed by atoms with van der Waals surface area (Å²) in [4.78, 5) is 22.4. The maximum atomic E-state index is 14.3. The van der Waals surface area contributed by atoms with E-state index in [0.717, 1.165) is 56.3 Å². The maximum Gasteiger partial charge on any atom is 0.229 e. The summed E-state index contributed by atoms with van der Waals surface area (Å²) in [7, 11) is 0. The minimum atomic E-state index is -0.992. The number of aromatic nitrogens is 2. The molecule has 160 valence electrons. The van der Waals surface area contributed by atoms with E-state index in [1.54, 1.807) is 0 Å². The zero-order valence-electron chi connectivity index (χ0n) is 17.1. The Hall–Kier alpha value is -2.78. The van der Waals surface area contributed by atoms with Crippen molar-refractivity contribution in [2.75, 3.05) is 41.7 Å². The molecule has 8 nitrogen and oxygen atoms in total. The van der Waals surface area contributed by atoms with Crippen LogP contribution < -0.4 is 26.6 Å². The van der Waals surface area contributed by atoms with Gasteiger partial charge in [-0.15, -0.1) is 0 Å². The summed E-state index contributed by atoms with van der Waals surface area (Å²) < 4.78 is 14.3. The fourth-order valence-electron chi connectivity index (χ4n) is 4.25. The van der Waals surface area contributed by atoms with Crippen molar-refractivity contribution < 1.29 is 9.18 Å². The number of hydrogen-bond acceptors (Lipinski definition) is 8. The zero-order chi connectivity index (χ0) is 21.1. The second-order valence-electron chi connectivity index (χ2n) is 8.04. The van der Waals surface area contributed by atoms with Crippen LogP contribution in [0.4, 0.5) is 27.5 Å². The highest BCUT2D eigenvalue weighted by Crippen LogP contribution is 2.31. The van der Waals surface area contributed by atoms with Gasteiger partial charge in [0.2, 0.25) is 5.95 Å². The maximum absolute atomic E-state index is 14.3. The molecule has 0 spiro atoms. The number of benzene rings is 1. The van der Waals surface area contributed by atoms with Gasteiger partial charge in [-0.3, -0.25) is 0 Å². The van der Waals surface area contributed by atoms with Gasteiger partial charge in [-0.25, -0.2) is 9.37 Å². The molecule has 2 unspecified atom stereocenters. The van der Waals surface area contributed by atoms with Gasteiger partial charge >= 0.3 is 0 Å². The first-order valence-electron chi connectivity index (χ1n) is 10.4. The third-order valence-corrected chi connectivity index (χ3v) is 5.98. The summed E-state index contributed by atoms with van der Waals surface area (Å²) in [5.41, 5.74) is 8.25. The number of halogens is 1. The molecule has 4 rings (SSSR count). The van der Waals surface area contributed by atoms with Gasteiger partial charge < -0.3 is 31.4 Å². The predicted octanol–water partition coefficient (Wildman–Crippen LogP) is 1.94. The lowest BCUT2D eigenvalue weighted by atomic mass is 9.95. The van der Waals surface area contributed by atoms with E-state index in [4.69, 9.17) is 5.73 Å². The van der Waals surface area contributed by atoms with Crippen molar-refractivity contribution in [2.24, 2.45) is 5.73 Å². The van der Waals surface area contributed by atoms with Crippen molar-refractivity contribution in [3.63, 3.8) is 0 Å². The van der Waals surface area contributed by atoms with E-state index in [-0.39, 0.29) is 17.8 Å². The Balaban J connectivity index is 1.52. The van der Waals surface area contributed by atoms with E-state index >= 15 is 0 Å². The van der Waals surface area contributed by atoms with Crippen molar-refractivity contribution in [1.82, 2.24) is 15.3 Å². The van der Waals surface area contributed by atoms with Crippen LogP contribution in [0.5, 0.6) is 0 Å². The smallest absolute Gasteiger partial charge is 0.229 e. The van der Waals surface area contributed by atoms with E-state index in [2.05, 4.69) is 43.8 Å². The molecular weight excluding hydrogens is 385 g/mol. The summed E-state index contributed by atoms with van der Waals surface area (Å²) in [5, 5.41) is 9.43. The highest BCUT2D eigenvalue weighted by atomic mass is 19.1. The van der Waals surface area contributed by atoms with E-state index < -0.39 is 11.4 Å². The molecule has 1 saturated heterocycles. The van der Waals surface area contributed by atoms with Crippen LogP contribution in [0.15, 0.2) is 24.4 Å². The number of rotatable bonds is 6. The van der Waals surface area contributed by atoms with Gasteiger partial charge in [0.1, 0.15) is 11.8 Å². The molecule has 2 fully saturated rings. The van der Waals surface area contributed by atoms with Gasteiger partial charge in [0.05, 0.1) is 6.20 Å². The summed E-state index contributed by atoms with van der Waals surface area (Å²) in [6.07, 6.45) is 3.94. The average molecular weight is 414 g/mol. The standard InChI is InChI=1S/C21H28FN7O/c1-14-11-15(4-5-17(14)29-9-7-24-8-10-29)26-20-25-12-16(22)19(27-20)28-21(13-30)6-2-3-18(21)23/h4-5,11-13,18,24H,2-3,6-10,23H2,1H3,(H2,25,26,27,28). The monoisotopic (exact) mass is 413 g/mol. The molecule has 0 bridgehead atoms. The number of hydrogen-bond donors (Lipinski definition) is 4. The Morgan fingerprint density at radius 1 is 1.37 bits per heavy atom. The highest BCUT2D eigenvalue weighted by molar-refractivity contribution is 5.72. The largest absolute Gasteiger partial charge is 0.369 e. The fourth-order valence-corrected chi connectivity index (χ4v) is 4.25. The molecule has 5 N–H and O–H groups in total. The molecule has 2 aliphatic rings. The van der Waals surface area contributed by atoms with Crippen LogP contribution in [0.25, 0.3) is 0 Å². The molecule has 1 aliphatic heterocycles. The Morgan fingerprint density at radius 2 is 2.17 bits per heavy atom. The Morgan fingerprint density at radius 3 is 2.83 bits per heavy atom. The number of nitrogens with one attached hydrogen (secondary N) is 3. The van der Waals surface area contributed by atoms with Gasteiger partial charge in [-0.1, -0.05) is 0 Å². The fraction of sp³-hybridized carbons (Fsp3) is 0.476. The van der Waals surface area contributed by atoms with E-state index in [9.17, 15) is 9.18 Å². The Kier molecular flexibility index (Phi) is 5.83. The van der Waals surface area contributed by atoms with Crippen LogP contribution in [0.1, 0.15) is 24.8 Å². The van der Waals surface area contributed by atoms with Crippen molar-refractivity contribution in [3.8, 4) is 0 Å². The molecule has 2 atom stereocenters. The first-order valence-corrected chi connectivity index (χ1v) is 10.4. The minimum absolute atomic E-state index is 0.0221. The van der Waals surface area contributed by atoms with E-state index in [0.29, 0.717) is 12.8 Å². The number of aldehydes is 1. The molecular formula is C21H28FN7O. The summed E-state index contributed by atoms with van der Waals surface area (Å²) in [6.45, 7) is 5.97. The minimum Gasteiger partial charge on any atom is -0.369 e. The molecule has 2 aromatic rings. The second-order valence-corrected chi connectivity index (χ2v) is 8.04. The first-order chi connectivity index (χ1) is 14.5. The number of anilines is 4.